The van der Waals surface area contributed by atoms with Crippen LogP contribution in [0.25, 0.3) is 10.2 Å². The lowest BCUT2D eigenvalue weighted by Gasteiger charge is -2.09. The summed E-state index contributed by atoms with van der Waals surface area (Å²) in [5, 5.41) is 6.06. The highest BCUT2D eigenvalue weighted by Gasteiger charge is 2.10. The highest BCUT2D eigenvalue weighted by Crippen LogP contribution is 2.29. The second-order valence-corrected chi connectivity index (χ2v) is 7.80. The zero-order valence-electron chi connectivity index (χ0n) is 17.3. The van der Waals surface area contributed by atoms with E-state index in [9.17, 15) is 9.59 Å². The van der Waals surface area contributed by atoms with E-state index in [1.807, 2.05) is 31.2 Å². The molecule has 0 saturated carbocycles. The Morgan fingerprint density at radius 1 is 0.906 bits per heavy atom. The topological polar surface area (TPSA) is 89.6 Å². The van der Waals surface area contributed by atoms with Crippen LogP contribution in [0.2, 0.25) is 0 Å². The predicted molar refractivity (Wildman–Crippen MR) is 126 cm³/mol. The molecular weight excluding hydrogens is 426 g/mol. The molecule has 4 rings (SSSR count). The maximum Gasteiger partial charge on any atom is 0.264 e. The van der Waals surface area contributed by atoms with Crippen molar-refractivity contribution in [2.45, 2.75) is 6.92 Å². The average Bonchev–Trinajstić information content (AvgIpc) is 3.20. The molecule has 4 aromatic rings. The van der Waals surface area contributed by atoms with E-state index in [0.29, 0.717) is 28.7 Å². The Hall–Kier alpha value is -3.91. The minimum Gasteiger partial charge on any atom is -0.494 e. The van der Waals surface area contributed by atoms with Gasteiger partial charge in [0.05, 0.1) is 16.8 Å². The molecule has 1 aromatic heterocycles. The van der Waals surface area contributed by atoms with Crippen molar-refractivity contribution in [1.82, 2.24) is 4.98 Å². The zero-order valence-corrected chi connectivity index (χ0v) is 18.1. The zero-order chi connectivity index (χ0) is 22.3. The highest BCUT2D eigenvalue weighted by molar-refractivity contribution is 7.22. The summed E-state index contributed by atoms with van der Waals surface area (Å²) in [6.07, 6.45) is 0. The van der Waals surface area contributed by atoms with Gasteiger partial charge in [-0.05, 0) is 49.4 Å². The summed E-state index contributed by atoms with van der Waals surface area (Å²) >= 11 is 1.37. The lowest BCUT2D eigenvalue weighted by molar-refractivity contribution is -0.118. The van der Waals surface area contributed by atoms with Crippen molar-refractivity contribution in [1.29, 1.82) is 0 Å². The van der Waals surface area contributed by atoms with Gasteiger partial charge in [-0.2, -0.15) is 0 Å². The van der Waals surface area contributed by atoms with E-state index in [0.717, 1.165) is 16.0 Å². The Labute approximate surface area is 189 Å². The molecule has 2 amide bonds. The van der Waals surface area contributed by atoms with Gasteiger partial charge in [0.1, 0.15) is 11.5 Å². The number of fused-ring (bicyclic) bond motifs is 1. The number of carbonyl (C=O) groups is 2. The number of carbonyl (C=O) groups excluding carboxylic acids is 2. The molecule has 2 N–H and O–H groups in total. The maximum atomic E-state index is 12.3. The molecule has 8 heteroatoms. The van der Waals surface area contributed by atoms with E-state index in [1.54, 1.807) is 48.5 Å². The third-order valence-electron chi connectivity index (χ3n) is 4.42. The Balaban J connectivity index is 1.33. The van der Waals surface area contributed by atoms with Crippen LogP contribution >= 0.6 is 11.3 Å². The first-order chi connectivity index (χ1) is 15.6. The van der Waals surface area contributed by atoms with Gasteiger partial charge in [-0.25, -0.2) is 4.98 Å². The number of rotatable bonds is 8. The first-order valence-electron chi connectivity index (χ1n) is 10.0. The van der Waals surface area contributed by atoms with Crippen LogP contribution in [0.15, 0.2) is 72.8 Å². The second kappa shape index (κ2) is 9.93. The van der Waals surface area contributed by atoms with Gasteiger partial charge in [0.2, 0.25) is 0 Å². The van der Waals surface area contributed by atoms with Gasteiger partial charge in [-0.1, -0.05) is 35.6 Å². The van der Waals surface area contributed by atoms with Crippen LogP contribution in [0.1, 0.15) is 17.3 Å². The molecule has 0 aliphatic rings. The van der Waals surface area contributed by atoms with Crippen molar-refractivity contribution < 1.29 is 19.1 Å². The summed E-state index contributed by atoms with van der Waals surface area (Å²) in [7, 11) is 0. The van der Waals surface area contributed by atoms with Gasteiger partial charge in [0, 0.05) is 17.3 Å². The number of benzene rings is 3. The van der Waals surface area contributed by atoms with Crippen LogP contribution in [-0.2, 0) is 4.79 Å². The Bertz CT molecular complexity index is 1240. The fourth-order valence-corrected chi connectivity index (χ4v) is 3.89. The molecular formula is C24H21N3O4S. The van der Waals surface area contributed by atoms with Gasteiger partial charge >= 0.3 is 0 Å². The van der Waals surface area contributed by atoms with E-state index in [2.05, 4.69) is 15.6 Å². The maximum absolute atomic E-state index is 12.3. The van der Waals surface area contributed by atoms with E-state index in [1.165, 1.54) is 11.3 Å². The third-order valence-corrected chi connectivity index (χ3v) is 5.35. The summed E-state index contributed by atoms with van der Waals surface area (Å²) in [4.78, 5) is 29.0. The van der Waals surface area contributed by atoms with Crippen LogP contribution in [-0.4, -0.2) is 30.0 Å². The minimum atomic E-state index is -0.326. The Morgan fingerprint density at radius 2 is 1.72 bits per heavy atom. The molecule has 0 aliphatic heterocycles. The van der Waals surface area contributed by atoms with Crippen LogP contribution in [0.5, 0.6) is 11.5 Å². The molecule has 0 bridgehead atoms. The summed E-state index contributed by atoms with van der Waals surface area (Å²) in [5.74, 6) is 0.692. The molecule has 0 atom stereocenters. The number of nitrogens with zero attached hydrogens (tertiary/aromatic N) is 1. The smallest absolute Gasteiger partial charge is 0.264 e. The van der Waals surface area contributed by atoms with Gasteiger partial charge in [0.25, 0.3) is 11.8 Å². The molecule has 3 aromatic carbocycles. The fourth-order valence-electron chi connectivity index (χ4n) is 2.98. The molecule has 7 nitrogen and oxygen atoms in total. The number of nitrogens with one attached hydrogen (secondary N) is 2. The number of aromatic nitrogens is 1. The van der Waals surface area contributed by atoms with Crippen LogP contribution < -0.4 is 20.1 Å². The van der Waals surface area contributed by atoms with E-state index in [4.69, 9.17) is 9.47 Å². The number of amides is 2. The van der Waals surface area contributed by atoms with Crippen molar-refractivity contribution in [3.63, 3.8) is 0 Å². The van der Waals surface area contributed by atoms with E-state index in [-0.39, 0.29) is 18.4 Å². The Kier molecular flexibility index (Phi) is 6.62. The van der Waals surface area contributed by atoms with Crippen molar-refractivity contribution in [3.8, 4) is 11.5 Å². The Morgan fingerprint density at radius 3 is 2.53 bits per heavy atom. The van der Waals surface area contributed by atoms with Crippen LogP contribution in [0, 0.1) is 0 Å². The minimum absolute atomic E-state index is 0.184. The molecule has 0 unspecified atom stereocenters. The molecule has 0 aliphatic carbocycles. The number of ether oxygens (including phenoxy) is 2. The van der Waals surface area contributed by atoms with Gasteiger partial charge in [-0.15, -0.1) is 0 Å². The van der Waals surface area contributed by atoms with E-state index >= 15 is 0 Å². The largest absolute Gasteiger partial charge is 0.494 e. The first-order valence-corrected chi connectivity index (χ1v) is 10.8. The molecule has 32 heavy (non-hydrogen) atoms. The molecule has 0 spiro atoms. The SMILES string of the molecule is CCOc1ccc2nc(NC(=O)COc3cccc(NC(=O)c4ccccc4)c3)sc2c1. The van der Waals surface area contributed by atoms with Crippen LogP contribution in [0.3, 0.4) is 0 Å². The van der Waals surface area contributed by atoms with Crippen molar-refractivity contribution >= 4 is 44.2 Å². The van der Waals surface area contributed by atoms with Gasteiger partial charge in [-0.3, -0.25) is 14.9 Å². The highest BCUT2D eigenvalue weighted by atomic mass is 32.1. The molecule has 0 saturated heterocycles. The van der Waals surface area contributed by atoms with Crippen molar-refractivity contribution in [3.05, 3.63) is 78.4 Å². The molecule has 1 heterocycles. The number of thiazole rings is 1. The molecule has 162 valence electrons. The first kappa shape index (κ1) is 21.3. The third kappa shape index (κ3) is 5.41. The van der Waals surface area contributed by atoms with Crippen molar-refractivity contribution in [2.75, 3.05) is 23.8 Å². The lowest BCUT2D eigenvalue weighted by atomic mass is 10.2. The number of hydrogen-bond donors (Lipinski definition) is 2. The van der Waals surface area contributed by atoms with Crippen LogP contribution in [0.4, 0.5) is 10.8 Å². The average molecular weight is 448 g/mol. The summed E-state index contributed by atoms with van der Waals surface area (Å²) in [6.45, 7) is 2.33. The summed E-state index contributed by atoms with van der Waals surface area (Å²) in [6, 6.07) is 21.4. The second-order valence-electron chi connectivity index (χ2n) is 6.77. The standard InChI is InChI=1S/C24H21N3O4S/c1-2-30-19-11-12-20-21(14-19)32-24(26-20)27-22(28)15-31-18-10-6-9-17(13-18)25-23(29)16-7-4-3-5-8-16/h3-14H,2,15H2,1H3,(H,25,29)(H,26,27,28). The van der Waals surface area contributed by atoms with Gasteiger partial charge in [0.15, 0.2) is 11.7 Å². The normalized spacial score (nSPS) is 10.5. The predicted octanol–water partition coefficient (Wildman–Crippen LogP) is 4.96. The summed E-state index contributed by atoms with van der Waals surface area (Å²) in [5.41, 5.74) is 1.92. The van der Waals surface area contributed by atoms with E-state index < -0.39 is 0 Å². The van der Waals surface area contributed by atoms with Gasteiger partial charge < -0.3 is 14.8 Å². The number of hydrogen-bond acceptors (Lipinski definition) is 6. The monoisotopic (exact) mass is 447 g/mol. The summed E-state index contributed by atoms with van der Waals surface area (Å²) < 4.78 is 12.0. The fraction of sp³-hybridized carbons (Fsp3) is 0.125. The quantitative estimate of drug-likeness (QED) is 0.398. The lowest BCUT2D eigenvalue weighted by Crippen LogP contribution is -2.20. The molecule has 0 fully saturated rings. The number of anilines is 2. The molecule has 0 radical (unpaired) electrons. The van der Waals surface area contributed by atoms with Crippen molar-refractivity contribution in [2.24, 2.45) is 0 Å².